The Hall–Kier alpha value is 0.0900. The molecule has 4 nitrogen and oxygen atoms in total. The first-order valence-electron chi connectivity index (χ1n) is 9.81. The van der Waals surface area contributed by atoms with Gasteiger partial charge in [0.25, 0.3) is 0 Å². The molecule has 1 amide bonds. The summed E-state index contributed by atoms with van der Waals surface area (Å²) in [6, 6.07) is 0. The van der Waals surface area contributed by atoms with Crippen LogP contribution in [0.3, 0.4) is 0 Å². The molecule has 156 valence electrons. The summed E-state index contributed by atoms with van der Waals surface area (Å²) in [7, 11) is 1.72. The second kappa shape index (κ2) is 15.1. The van der Waals surface area contributed by atoms with E-state index in [1.54, 1.807) is 7.11 Å². The number of thioether (sulfide) groups is 1. The van der Waals surface area contributed by atoms with Gasteiger partial charge in [-0.05, 0) is 25.0 Å². The van der Waals surface area contributed by atoms with Crippen molar-refractivity contribution in [2.24, 2.45) is 5.41 Å². The van der Waals surface area contributed by atoms with Crippen LogP contribution in [0.25, 0.3) is 0 Å². The zero-order valence-corrected chi connectivity index (χ0v) is 19.3. The highest BCUT2D eigenvalue weighted by atomic mass is 32.2. The molecule has 0 rings (SSSR count). The fourth-order valence-corrected chi connectivity index (χ4v) is 3.79. The fourth-order valence-electron chi connectivity index (χ4n) is 2.50. The van der Waals surface area contributed by atoms with Gasteiger partial charge in [0.05, 0.1) is 13.2 Å². The summed E-state index contributed by atoms with van der Waals surface area (Å²) in [6.07, 6.45) is 6.17. The van der Waals surface area contributed by atoms with E-state index in [-0.39, 0.29) is 16.1 Å². The summed E-state index contributed by atoms with van der Waals surface area (Å²) in [5.41, 5.74) is 0.0524. The number of hydrogen-bond acceptors (Lipinski definition) is 5. The Morgan fingerprint density at radius 3 is 2.42 bits per heavy atom. The van der Waals surface area contributed by atoms with Crippen molar-refractivity contribution in [1.29, 1.82) is 0 Å². The molecule has 1 N–H and O–H groups in total. The van der Waals surface area contributed by atoms with Gasteiger partial charge in [-0.15, -0.1) is 0 Å². The van der Waals surface area contributed by atoms with Crippen molar-refractivity contribution in [1.82, 2.24) is 5.32 Å². The number of ether oxygens (including phenoxy) is 2. The molecule has 0 spiro atoms. The zero-order chi connectivity index (χ0) is 19.9. The molecule has 26 heavy (non-hydrogen) atoms. The van der Waals surface area contributed by atoms with Crippen LogP contribution < -0.4 is 5.32 Å². The van der Waals surface area contributed by atoms with Gasteiger partial charge in [0, 0.05) is 42.6 Å². The third-order valence-corrected chi connectivity index (χ3v) is 5.82. The standard InChI is InChI=1S/C20H41NO3S2/c1-19(2,16-23-5)17-24-13-11-20(3,4)26-15-10-18(22)21-12-8-6-7-9-14-25/h25H,6-17H2,1-5H3,(H,21,22). The van der Waals surface area contributed by atoms with Gasteiger partial charge in [-0.1, -0.05) is 40.5 Å². The molecule has 0 aliphatic rings. The quantitative estimate of drug-likeness (QED) is 0.274. The smallest absolute Gasteiger partial charge is 0.220 e. The maximum atomic E-state index is 11.9. The molecule has 0 aromatic carbocycles. The van der Waals surface area contributed by atoms with E-state index >= 15 is 0 Å². The Morgan fingerprint density at radius 1 is 1.08 bits per heavy atom. The molecular weight excluding hydrogens is 366 g/mol. The van der Waals surface area contributed by atoms with E-state index in [4.69, 9.17) is 9.47 Å². The molecule has 0 fully saturated rings. The van der Waals surface area contributed by atoms with Crippen molar-refractivity contribution in [3.63, 3.8) is 0 Å². The minimum atomic E-state index is 0.0524. The highest BCUT2D eigenvalue weighted by Crippen LogP contribution is 2.29. The Balaban J connectivity index is 3.71. The molecule has 0 saturated heterocycles. The number of nitrogens with one attached hydrogen (secondary N) is 1. The van der Waals surface area contributed by atoms with Crippen molar-refractivity contribution in [3.05, 3.63) is 0 Å². The summed E-state index contributed by atoms with van der Waals surface area (Å²) in [5.74, 6) is 1.98. The van der Waals surface area contributed by atoms with E-state index in [0.29, 0.717) is 19.6 Å². The molecule has 0 saturated carbocycles. The maximum Gasteiger partial charge on any atom is 0.220 e. The Morgan fingerprint density at radius 2 is 1.77 bits per heavy atom. The number of thiol groups is 1. The first kappa shape index (κ1) is 26.1. The SMILES string of the molecule is COCC(C)(C)COCCC(C)(C)SCCC(=O)NCCCCCCS. The Labute approximate surface area is 171 Å². The number of carbonyl (C=O) groups is 1. The van der Waals surface area contributed by atoms with Gasteiger partial charge in [0.2, 0.25) is 5.91 Å². The van der Waals surface area contributed by atoms with Crippen LogP contribution in [0.1, 0.15) is 66.2 Å². The second-order valence-corrected chi connectivity index (χ2v) is 10.5. The van der Waals surface area contributed by atoms with Gasteiger partial charge in [-0.25, -0.2) is 0 Å². The number of hydrogen-bond donors (Lipinski definition) is 2. The highest BCUT2D eigenvalue weighted by molar-refractivity contribution is 8.00. The zero-order valence-electron chi connectivity index (χ0n) is 17.6. The molecule has 0 unspecified atom stereocenters. The maximum absolute atomic E-state index is 11.9. The lowest BCUT2D eigenvalue weighted by Crippen LogP contribution is -2.27. The van der Waals surface area contributed by atoms with Crippen LogP contribution >= 0.6 is 24.4 Å². The van der Waals surface area contributed by atoms with Crippen LogP contribution in [0, 0.1) is 5.41 Å². The average molecular weight is 408 g/mol. The van der Waals surface area contributed by atoms with E-state index in [9.17, 15) is 4.79 Å². The molecule has 0 heterocycles. The molecule has 0 radical (unpaired) electrons. The summed E-state index contributed by atoms with van der Waals surface area (Å²) in [5, 5.41) is 3.02. The minimum absolute atomic E-state index is 0.0524. The van der Waals surface area contributed by atoms with Crippen molar-refractivity contribution in [3.8, 4) is 0 Å². The first-order valence-corrected chi connectivity index (χ1v) is 11.4. The van der Waals surface area contributed by atoms with Crippen LogP contribution in [0.15, 0.2) is 0 Å². The minimum Gasteiger partial charge on any atom is -0.384 e. The summed E-state index contributed by atoms with van der Waals surface area (Å²) >= 11 is 6.05. The second-order valence-electron chi connectivity index (χ2n) is 8.25. The van der Waals surface area contributed by atoms with Crippen LogP contribution in [0.2, 0.25) is 0 Å². The van der Waals surface area contributed by atoms with E-state index in [1.807, 2.05) is 11.8 Å². The Kier molecular flexibility index (Phi) is 15.1. The third-order valence-electron chi connectivity index (χ3n) is 4.11. The largest absolute Gasteiger partial charge is 0.384 e. The van der Waals surface area contributed by atoms with E-state index in [1.165, 1.54) is 12.8 Å². The number of unbranched alkanes of at least 4 members (excludes halogenated alkanes) is 3. The first-order chi connectivity index (χ1) is 12.2. The lowest BCUT2D eigenvalue weighted by atomic mass is 9.96. The van der Waals surface area contributed by atoms with E-state index in [0.717, 1.165) is 43.9 Å². The van der Waals surface area contributed by atoms with Crippen LogP contribution in [-0.2, 0) is 14.3 Å². The molecule has 0 aliphatic heterocycles. The molecule has 6 heteroatoms. The molecule has 0 bridgehead atoms. The topological polar surface area (TPSA) is 47.6 Å². The molecule has 0 atom stereocenters. The van der Waals surface area contributed by atoms with Crippen molar-refractivity contribution >= 4 is 30.3 Å². The van der Waals surface area contributed by atoms with Crippen molar-refractivity contribution < 1.29 is 14.3 Å². The number of amides is 1. The van der Waals surface area contributed by atoms with E-state index in [2.05, 4.69) is 45.6 Å². The molecule has 0 aliphatic carbocycles. The lowest BCUT2D eigenvalue weighted by molar-refractivity contribution is -0.120. The van der Waals surface area contributed by atoms with Gasteiger partial charge in [0.1, 0.15) is 0 Å². The van der Waals surface area contributed by atoms with Crippen molar-refractivity contribution in [2.75, 3.05) is 45.0 Å². The highest BCUT2D eigenvalue weighted by Gasteiger charge is 2.21. The predicted octanol–water partition coefficient (Wildman–Crippen LogP) is 4.57. The van der Waals surface area contributed by atoms with Gasteiger partial charge in [0.15, 0.2) is 0 Å². The number of carbonyl (C=O) groups excluding carboxylic acids is 1. The lowest BCUT2D eigenvalue weighted by Gasteiger charge is -2.26. The molecule has 0 aromatic heterocycles. The normalized spacial score (nSPS) is 12.4. The summed E-state index contributed by atoms with van der Waals surface area (Å²) in [4.78, 5) is 11.9. The monoisotopic (exact) mass is 407 g/mol. The number of methoxy groups -OCH3 is 1. The third kappa shape index (κ3) is 16.3. The predicted molar refractivity (Wildman–Crippen MR) is 118 cm³/mol. The van der Waals surface area contributed by atoms with Crippen LogP contribution in [-0.4, -0.2) is 55.6 Å². The fraction of sp³-hybridized carbons (Fsp3) is 0.950. The van der Waals surface area contributed by atoms with Crippen molar-refractivity contribution in [2.45, 2.75) is 71.0 Å². The van der Waals surface area contributed by atoms with Gasteiger partial charge >= 0.3 is 0 Å². The van der Waals surface area contributed by atoms with Crippen LogP contribution in [0.5, 0.6) is 0 Å². The molecular formula is C20H41NO3S2. The summed E-state index contributed by atoms with van der Waals surface area (Å²) in [6.45, 7) is 11.7. The Bertz CT molecular complexity index is 363. The average Bonchev–Trinajstić information content (AvgIpc) is 2.55. The van der Waals surface area contributed by atoms with Crippen LogP contribution in [0.4, 0.5) is 0 Å². The summed E-state index contributed by atoms with van der Waals surface area (Å²) < 4.78 is 11.2. The number of rotatable bonds is 17. The van der Waals surface area contributed by atoms with E-state index < -0.39 is 0 Å². The molecule has 0 aromatic rings. The van der Waals surface area contributed by atoms with Gasteiger partial charge in [-0.3, -0.25) is 4.79 Å². The van der Waals surface area contributed by atoms with Gasteiger partial charge in [-0.2, -0.15) is 24.4 Å². The van der Waals surface area contributed by atoms with Gasteiger partial charge < -0.3 is 14.8 Å².